The highest BCUT2D eigenvalue weighted by Crippen LogP contribution is 2.28. The van der Waals surface area contributed by atoms with Crippen LogP contribution in [0.1, 0.15) is 53.9 Å². The second kappa shape index (κ2) is 6.34. The number of nitrogens with zero attached hydrogens (tertiary/aromatic N) is 2. The molecule has 118 valence electrons. The van der Waals surface area contributed by atoms with E-state index in [0.29, 0.717) is 11.8 Å². The van der Waals surface area contributed by atoms with Crippen molar-refractivity contribution in [3.05, 3.63) is 35.3 Å². The minimum absolute atomic E-state index is 0.00968. The number of aromatic nitrogens is 3. The number of hydrogen-bond acceptors (Lipinski definition) is 4. The van der Waals surface area contributed by atoms with Crippen LogP contribution >= 0.6 is 0 Å². The lowest BCUT2D eigenvalue weighted by atomic mass is 10.0. The van der Waals surface area contributed by atoms with Gasteiger partial charge in [0.25, 0.3) is 5.91 Å². The summed E-state index contributed by atoms with van der Waals surface area (Å²) in [5.41, 5.74) is 1.71. The molecule has 0 bridgehead atoms. The van der Waals surface area contributed by atoms with Crippen molar-refractivity contribution in [2.75, 3.05) is 0 Å². The summed E-state index contributed by atoms with van der Waals surface area (Å²) in [6.45, 7) is 3.94. The highest BCUT2D eigenvalue weighted by Gasteiger charge is 2.28. The van der Waals surface area contributed by atoms with Crippen molar-refractivity contribution in [2.45, 2.75) is 52.0 Å². The third kappa shape index (κ3) is 3.21. The van der Waals surface area contributed by atoms with Crippen LogP contribution in [0.4, 0.5) is 0 Å². The van der Waals surface area contributed by atoms with Gasteiger partial charge in [-0.2, -0.15) is 0 Å². The van der Waals surface area contributed by atoms with Crippen LogP contribution in [-0.4, -0.2) is 27.1 Å². The van der Waals surface area contributed by atoms with Crippen LogP contribution in [0.25, 0.3) is 0 Å². The first-order chi connectivity index (χ1) is 10.7. The van der Waals surface area contributed by atoms with Gasteiger partial charge in [-0.15, -0.1) is 10.2 Å². The molecule has 2 atom stereocenters. The van der Waals surface area contributed by atoms with E-state index >= 15 is 0 Å². The first-order valence-electron chi connectivity index (χ1n) is 7.91. The molecular formula is C16H22N4O2. The number of amides is 1. The third-order valence-corrected chi connectivity index (χ3v) is 4.35. The van der Waals surface area contributed by atoms with Gasteiger partial charge < -0.3 is 14.7 Å². The van der Waals surface area contributed by atoms with E-state index < -0.39 is 0 Å². The van der Waals surface area contributed by atoms with Gasteiger partial charge in [0.05, 0.1) is 5.56 Å². The summed E-state index contributed by atoms with van der Waals surface area (Å²) in [6, 6.07) is 0.236. The lowest BCUT2D eigenvalue weighted by Gasteiger charge is -2.12. The predicted molar refractivity (Wildman–Crippen MR) is 81.5 cm³/mol. The largest absolute Gasteiger partial charge is 0.425 e. The first kappa shape index (κ1) is 14.8. The standard InChI is InChI=1S/C16H22N4O2/c1-3-14-19-20-15(22-14)7-11-4-5-12(6-11)18-16(21)13-9-17-8-10(13)2/h8-9,11-12,17H,3-7H2,1-2H3,(H,18,21)/t11-,12+/m1/s1. The van der Waals surface area contributed by atoms with Crippen molar-refractivity contribution in [1.82, 2.24) is 20.5 Å². The second-order valence-corrected chi connectivity index (χ2v) is 6.05. The summed E-state index contributed by atoms with van der Waals surface area (Å²) in [4.78, 5) is 15.2. The molecule has 22 heavy (non-hydrogen) atoms. The Bertz CT molecular complexity index is 646. The molecule has 0 unspecified atom stereocenters. The van der Waals surface area contributed by atoms with Gasteiger partial charge in [-0.1, -0.05) is 6.92 Å². The van der Waals surface area contributed by atoms with Crippen molar-refractivity contribution in [3.63, 3.8) is 0 Å². The van der Waals surface area contributed by atoms with Crippen LogP contribution in [0.5, 0.6) is 0 Å². The Morgan fingerprint density at radius 2 is 2.18 bits per heavy atom. The van der Waals surface area contributed by atoms with Gasteiger partial charge in [-0.25, -0.2) is 0 Å². The first-order valence-corrected chi connectivity index (χ1v) is 7.91. The maximum atomic E-state index is 12.2. The monoisotopic (exact) mass is 302 g/mol. The molecular weight excluding hydrogens is 280 g/mol. The minimum Gasteiger partial charge on any atom is -0.425 e. The molecule has 1 fully saturated rings. The van der Waals surface area contributed by atoms with E-state index in [2.05, 4.69) is 20.5 Å². The zero-order valence-corrected chi connectivity index (χ0v) is 13.1. The predicted octanol–water partition coefficient (Wildman–Crippen LogP) is 2.41. The van der Waals surface area contributed by atoms with Crippen LogP contribution in [0, 0.1) is 12.8 Å². The van der Waals surface area contributed by atoms with Gasteiger partial charge in [0.1, 0.15) is 0 Å². The number of carbonyl (C=O) groups is 1. The smallest absolute Gasteiger partial charge is 0.253 e. The van der Waals surface area contributed by atoms with E-state index in [4.69, 9.17) is 4.42 Å². The maximum Gasteiger partial charge on any atom is 0.253 e. The van der Waals surface area contributed by atoms with Crippen LogP contribution in [0.3, 0.4) is 0 Å². The normalized spacial score (nSPS) is 21.2. The Labute approximate surface area is 129 Å². The molecule has 6 nitrogen and oxygen atoms in total. The fourth-order valence-corrected chi connectivity index (χ4v) is 3.10. The van der Waals surface area contributed by atoms with E-state index in [0.717, 1.165) is 49.1 Å². The Kier molecular flexibility index (Phi) is 4.27. The van der Waals surface area contributed by atoms with Crippen LogP contribution in [-0.2, 0) is 12.8 Å². The molecule has 0 saturated heterocycles. The molecule has 6 heteroatoms. The Morgan fingerprint density at radius 1 is 1.36 bits per heavy atom. The van der Waals surface area contributed by atoms with Crippen LogP contribution in [0.2, 0.25) is 0 Å². The van der Waals surface area contributed by atoms with Crippen LogP contribution in [0.15, 0.2) is 16.8 Å². The van der Waals surface area contributed by atoms with Gasteiger partial charge in [0.2, 0.25) is 11.8 Å². The molecule has 0 radical (unpaired) electrons. The van der Waals surface area contributed by atoms with E-state index in [1.165, 1.54) is 0 Å². The van der Waals surface area contributed by atoms with Gasteiger partial charge in [0.15, 0.2) is 0 Å². The molecule has 1 aliphatic rings. The molecule has 0 spiro atoms. The molecule has 2 heterocycles. The number of aryl methyl sites for hydroxylation is 2. The number of carbonyl (C=O) groups excluding carboxylic acids is 1. The molecule has 3 rings (SSSR count). The summed E-state index contributed by atoms with van der Waals surface area (Å²) in [5.74, 6) is 1.93. The highest BCUT2D eigenvalue weighted by molar-refractivity contribution is 5.95. The molecule has 1 saturated carbocycles. The van der Waals surface area contributed by atoms with Gasteiger partial charge in [-0.05, 0) is 37.7 Å². The number of nitrogens with one attached hydrogen (secondary N) is 2. The lowest BCUT2D eigenvalue weighted by molar-refractivity contribution is 0.0936. The molecule has 1 amide bonds. The lowest BCUT2D eigenvalue weighted by Crippen LogP contribution is -2.33. The number of hydrogen-bond donors (Lipinski definition) is 2. The van der Waals surface area contributed by atoms with Crippen molar-refractivity contribution in [1.29, 1.82) is 0 Å². The maximum absolute atomic E-state index is 12.2. The molecule has 2 N–H and O–H groups in total. The third-order valence-electron chi connectivity index (χ3n) is 4.35. The number of aromatic amines is 1. The van der Waals surface area contributed by atoms with E-state index in [1.54, 1.807) is 6.20 Å². The summed E-state index contributed by atoms with van der Waals surface area (Å²) in [7, 11) is 0. The average Bonchev–Trinajstić information content (AvgIpc) is 3.21. The van der Waals surface area contributed by atoms with Gasteiger partial charge in [0, 0.05) is 31.3 Å². The van der Waals surface area contributed by atoms with Crippen molar-refractivity contribution in [2.24, 2.45) is 5.92 Å². The molecule has 0 aromatic carbocycles. The van der Waals surface area contributed by atoms with E-state index in [1.807, 2.05) is 20.0 Å². The van der Waals surface area contributed by atoms with Crippen molar-refractivity contribution in [3.8, 4) is 0 Å². The quantitative estimate of drug-likeness (QED) is 0.888. The fourth-order valence-electron chi connectivity index (χ4n) is 3.10. The number of rotatable bonds is 5. The fraction of sp³-hybridized carbons (Fsp3) is 0.562. The Hall–Kier alpha value is -2.11. The highest BCUT2D eigenvalue weighted by atomic mass is 16.4. The van der Waals surface area contributed by atoms with E-state index in [-0.39, 0.29) is 11.9 Å². The Morgan fingerprint density at radius 3 is 2.86 bits per heavy atom. The molecule has 0 aliphatic heterocycles. The molecule has 2 aromatic rings. The summed E-state index contributed by atoms with van der Waals surface area (Å²) >= 11 is 0. The Balaban J connectivity index is 1.52. The average molecular weight is 302 g/mol. The SMILES string of the molecule is CCc1nnc(C[C@@H]2CC[C@H](NC(=O)c3c[nH]cc3C)C2)o1. The zero-order chi connectivity index (χ0) is 15.5. The summed E-state index contributed by atoms with van der Waals surface area (Å²) in [5, 5.41) is 11.2. The van der Waals surface area contributed by atoms with Crippen molar-refractivity contribution >= 4 is 5.91 Å². The summed E-state index contributed by atoms with van der Waals surface area (Å²) in [6.07, 6.45) is 8.23. The zero-order valence-electron chi connectivity index (χ0n) is 13.1. The molecule has 2 aromatic heterocycles. The van der Waals surface area contributed by atoms with Gasteiger partial charge in [-0.3, -0.25) is 4.79 Å². The second-order valence-electron chi connectivity index (χ2n) is 6.05. The van der Waals surface area contributed by atoms with E-state index in [9.17, 15) is 4.79 Å². The number of H-pyrrole nitrogens is 1. The summed E-state index contributed by atoms with van der Waals surface area (Å²) < 4.78 is 5.57. The molecule has 1 aliphatic carbocycles. The van der Waals surface area contributed by atoms with Crippen LogP contribution < -0.4 is 5.32 Å². The topological polar surface area (TPSA) is 83.8 Å². The minimum atomic E-state index is 0.00968. The van der Waals surface area contributed by atoms with Gasteiger partial charge >= 0.3 is 0 Å². The van der Waals surface area contributed by atoms with Crippen molar-refractivity contribution < 1.29 is 9.21 Å².